The van der Waals surface area contributed by atoms with E-state index in [1.807, 2.05) is 30.3 Å². The van der Waals surface area contributed by atoms with E-state index in [9.17, 15) is 18.8 Å². The SMILES string of the molecule is Cn1cc2c(n1)c(=O)n(Cc1ccc(F)cc1)c(=O)n2CC(=O)NCc1ccccc1. The van der Waals surface area contributed by atoms with Crippen molar-refractivity contribution in [2.75, 3.05) is 0 Å². The average Bonchev–Trinajstić information content (AvgIpc) is 3.16. The van der Waals surface area contributed by atoms with Gasteiger partial charge in [-0.2, -0.15) is 5.10 Å². The van der Waals surface area contributed by atoms with Gasteiger partial charge in [-0.1, -0.05) is 42.5 Å². The van der Waals surface area contributed by atoms with Crippen molar-refractivity contribution < 1.29 is 9.18 Å². The number of hydrogen-bond donors (Lipinski definition) is 1. The molecule has 2 heterocycles. The molecular weight excluding hydrogens is 401 g/mol. The summed E-state index contributed by atoms with van der Waals surface area (Å²) in [7, 11) is 1.63. The van der Waals surface area contributed by atoms with Crippen LogP contribution in [0.2, 0.25) is 0 Å². The van der Waals surface area contributed by atoms with Crippen LogP contribution in [-0.2, 0) is 31.5 Å². The van der Waals surface area contributed by atoms with Gasteiger partial charge in [0.15, 0.2) is 5.52 Å². The molecule has 0 bridgehead atoms. The molecule has 0 fully saturated rings. The molecule has 0 aliphatic rings. The summed E-state index contributed by atoms with van der Waals surface area (Å²) in [4.78, 5) is 38.6. The van der Waals surface area contributed by atoms with E-state index in [1.165, 1.54) is 39.7 Å². The van der Waals surface area contributed by atoms with E-state index < -0.39 is 17.1 Å². The quantitative estimate of drug-likeness (QED) is 0.510. The molecule has 4 rings (SSSR count). The number of fused-ring (bicyclic) bond motifs is 1. The Hall–Kier alpha value is -4.01. The Morgan fingerprint density at radius 3 is 2.42 bits per heavy atom. The Morgan fingerprint density at radius 1 is 1.00 bits per heavy atom. The summed E-state index contributed by atoms with van der Waals surface area (Å²) in [6.45, 7) is -0.00647. The van der Waals surface area contributed by atoms with Crippen LogP contribution in [0.15, 0.2) is 70.4 Å². The number of nitrogens with one attached hydrogen (secondary N) is 1. The van der Waals surface area contributed by atoms with Gasteiger partial charge in [-0.3, -0.25) is 23.4 Å². The number of hydrogen-bond acceptors (Lipinski definition) is 4. The number of aryl methyl sites for hydroxylation is 1. The Kier molecular flexibility index (Phi) is 5.48. The Bertz CT molecular complexity index is 1350. The molecule has 1 amide bonds. The normalized spacial score (nSPS) is 11.0. The zero-order valence-electron chi connectivity index (χ0n) is 16.8. The number of benzene rings is 2. The van der Waals surface area contributed by atoms with E-state index in [1.54, 1.807) is 7.05 Å². The van der Waals surface area contributed by atoms with Gasteiger partial charge in [-0.05, 0) is 23.3 Å². The fraction of sp³-hybridized carbons (Fsp3) is 0.182. The molecule has 1 N–H and O–H groups in total. The maximum atomic E-state index is 13.2. The number of carbonyl (C=O) groups excluding carboxylic acids is 1. The summed E-state index contributed by atoms with van der Waals surface area (Å²) < 4.78 is 16.9. The topological polar surface area (TPSA) is 90.9 Å². The van der Waals surface area contributed by atoms with Crippen LogP contribution in [0.4, 0.5) is 4.39 Å². The first-order valence-corrected chi connectivity index (χ1v) is 9.64. The van der Waals surface area contributed by atoms with Crippen molar-refractivity contribution in [3.63, 3.8) is 0 Å². The second kappa shape index (κ2) is 8.39. The molecule has 0 unspecified atom stereocenters. The first-order chi connectivity index (χ1) is 14.9. The number of halogens is 1. The first-order valence-electron chi connectivity index (χ1n) is 9.64. The summed E-state index contributed by atoms with van der Waals surface area (Å²) in [5, 5.41) is 6.94. The highest BCUT2D eigenvalue weighted by atomic mass is 19.1. The largest absolute Gasteiger partial charge is 0.350 e. The Balaban J connectivity index is 1.68. The van der Waals surface area contributed by atoms with Gasteiger partial charge >= 0.3 is 5.69 Å². The lowest BCUT2D eigenvalue weighted by molar-refractivity contribution is -0.121. The highest BCUT2D eigenvalue weighted by Gasteiger charge is 2.18. The van der Waals surface area contributed by atoms with Crippen molar-refractivity contribution >= 4 is 16.9 Å². The van der Waals surface area contributed by atoms with E-state index in [4.69, 9.17) is 0 Å². The Morgan fingerprint density at radius 2 is 1.71 bits per heavy atom. The minimum absolute atomic E-state index is 0.0594. The third-order valence-electron chi connectivity index (χ3n) is 4.90. The van der Waals surface area contributed by atoms with Crippen LogP contribution in [0, 0.1) is 5.82 Å². The molecule has 0 spiro atoms. The van der Waals surface area contributed by atoms with Crippen LogP contribution in [0.1, 0.15) is 11.1 Å². The summed E-state index contributed by atoms with van der Waals surface area (Å²) in [6, 6.07) is 14.9. The van der Waals surface area contributed by atoms with Gasteiger partial charge in [0.1, 0.15) is 12.4 Å². The molecule has 2 aromatic heterocycles. The number of carbonyl (C=O) groups is 1. The van der Waals surface area contributed by atoms with Crippen LogP contribution >= 0.6 is 0 Å². The number of aromatic nitrogens is 4. The lowest BCUT2D eigenvalue weighted by Crippen LogP contribution is -2.42. The second-order valence-corrected chi connectivity index (χ2v) is 7.19. The van der Waals surface area contributed by atoms with Crippen LogP contribution in [0.25, 0.3) is 11.0 Å². The van der Waals surface area contributed by atoms with Crippen molar-refractivity contribution in [3.05, 3.63) is 98.6 Å². The summed E-state index contributed by atoms with van der Waals surface area (Å²) in [6.07, 6.45) is 1.53. The van der Waals surface area contributed by atoms with Crippen LogP contribution in [-0.4, -0.2) is 24.8 Å². The first kappa shape index (κ1) is 20.3. The van der Waals surface area contributed by atoms with Crippen molar-refractivity contribution in [2.45, 2.75) is 19.6 Å². The fourth-order valence-corrected chi connectivity index (χ4v) is 3.35. The van der Waals surface area contributed by atoms with Crippen molar-refractivity contribution in [2.24, 2.45) is 7.05 Å². The van der Waals surface area contributed by atoms with Crippen LogP contribution in [0.5, 0.6) is 0 Å². The maximum Gasteiger partial charge on any atom is 0.332 e. The second-order valence-electron chi connectivity index (χ2n) is 7.19. The molecule has 9 heteroatoms. The standard InChI is InChI=1S/C22H20FN5O3/c1-26-13-18-20(25-26)21(30)28(12-16-7-9-17(23)10-8-16)22(31)27(18)14-19(29)24-11-15-5-3-2-4-6-15/h2-10,13H,11-12,14H2,1H3,(H,24,29). The molecule has 0 atom stereocenters. The lowest BCUT2D eigenvalue weighted by Gasteiger charge is -2.12. The molecular formula is C22H20FN5O3. The molecule has 4 aromatic rings. The average molecular weight is 421 g/mol. The molecule has 0 aliphatic heterocycles. The third kappa shape index (κ3) is 4.30. The predicted molar refractivity (Wildman–Crippen MR) is 113 cm³/mol. The molecule has 31 heavy (non-hydrogen) atoms. The van der Waals surface area contributed by atoms with Gasteiger partial charge < -0.3 is 5.32 Å². The van der Waals surface area contributed by atoms with E-state index in [-0.39, 0.29) is 30.0 Å². The number of nitrogens with zero attached hydrogens (tertiary/aromatic N) is 4. The summed E-state index contributed by atoms with van der Waals surface area (Å²) in [5.41, 5.74) is 0.672. The highest BCUT2D eigenvalue weighted by molar-refractivity contribution is 5.79. The maximum absolute atomic E-state index is 13.2. The molecule has 0 radical (unpaired) electrons. The molecule has 0 aliphatic carbocycles. The molecule has 8 nitrogen and oxygen atoms in total. The van der Waals surface area contributed by atoms with Gasteiger partial charge in [0, 0.05) is 19.8 Å². The van der Waals surface area contributed by atoms with Gasteiger partial charge in [0.25, 0.3) is 5.56 Å². The molecule has 158 valence electrons. The molecule has 0 saturated heterocycles. The summed E-state index contributed by atoms with van der Waals surface area (Å²) >= 11 is 0. The van der Waals surface area contributed by atoms with Crippen molar-refractivity contribution in [1.82, 2.24) is 24.2 Å². The van der Waals surface area contributed by atoms with Crippen molar-refractivity contribution in [3.8, 4) is 0 Å². The Labute approximate surface area is 176 Å². The predicted octanol–water partition coefficient (Wildman–Crippen LogP) is 1.40. The lowest BCUT2D eigenvalue weighted by atomic mass is 10.2. The zero-order chi connectivity index (χ0) is 22.0. The number of amides is 1. The third-order valence-corrected chi connectivity index (χ3v) is 4.90. The van der Waals surface area contributed by atoms with E-state index >= 15 is 0 Å². The van der Waals surface area contributed by atoms with E-state index in [0.29, 0.717) is 12.1 Å². The molecule has 0 saturated carbocycles. The smallest absolute Gasteiger partial charge is 0.332 e. The fourth-order valence-electron chi connectivity index (χ4n) is 3.35. The van der Waals surface area contributed by atoms with E-state index in [2.05, 4.69) is 10.4 Å². The van der Waals surface area contributed by atoms with E-state index in [0.717, 1.165) is 10.1 Å². The van der Waals surface area contributed by atoms with Gasteiger partial charge in [-0.15, -0.1) is 0 Å². The number of rotatable bonds is 6. The zero-order valence-corrected chi connectivity index (χ0v) is 16.8. The van der Waals surface area contributed by atoms with Gasteiger partial charge in [0.2, 0.25) is 5.91 Å². The highest BCUT2D eigenvalue weighted by Crippen LogP contribution is 2.08. The van der Waals surface area contributed by atoms with Crippen LogP contribution < -0.4 is 16.6 Å². The summed E-state index contributed by atoms with van der Waals surface area (Å²) in [5.74, 6) is -0.785. The molecule has 2 aromatic carbocycles. The monoisotopic (exact) mass is 421 g/mol. The minimum Gasteiger partial charge on any atom is -0.350 e. The van der Waals surface area contributed by atoms with Gasteiger partial charge in [-0.25, -0.2) is 9.18 Å². The van der Waals surface area contributed by atoms with Gasteiger partial charge in [0.05, 0.1) is 12.1 Å². The minimum atomic E-state index is -0.635. The van der Waals surface area contributed by atoms with Crippen LogP contribution in [0.3, 0.4) is 0 Å². The van der Waals surface area contributed by atoms with Crippen molar-refractivity contribution in [1.29, 1.82) is 0 Å².